The molecule has 0 aliphatic carbocycles. The van der Waals surface area contributed by atoms with Crippen LogP contribution < -0.4 is 15.2 Å². The molecule has 0 aromatic heterocycles. The maximum absolute atomic E-state index is 11.8. The van der Waals surface area contributed by atoms with Crippen molar-refractivity contribution in [2.24, 2.45) is 5.73 Å². The number of nitrogens with two attached hydrogens (primary N) is 1. The fourth-order valence-electron chi connectivity index (χ4n) is 1.61. The number of fused-ring (bicyclic) bond motifs is 1. The zero-order valence-corrected chi connectivity index (χ0v) is 10.7. The van der Waals surface area contributed by atoms with E-state index in [2.05, 4.69) is 0 Å². The smallest absolute Gasteiger partial charge is 0.328 e. The third kappa shape index (κ3) is 2.73. The van der Waals surface area contributed by atoms with E-state index in [9.17, 15) is 4.79 Å². The number of carbonyl (C=O) groups is 1. The van der Waals surface area contributed by atoms with Crippen molar-refractivity contribution in [3.63, 3.8) is 0 Å². The number of rotatable bonds is 2. The molecule has 1 atom stereocenters. The van der Waals surface area contributed by atoms with Crippen molar-refractivity contribution in [3.05, 3.63) is 23.8 Å². The average Bonchev–Trinajstić information content (AvgIpc) is 2.72. The molecule has 0 saturated carbocycles. The Hall–Kier alpha value is -1.75. The summed E-state index contributed by atoms with van der Waals surface area (Å²) in [5.74, 6) is 0.808. The van der Waals surface area contributed by atoms with Crippen LogP contribution in [0.3, 0.4) is 0 Å². The Bertz CT molecular complexity index is 465. The zero-order valence-electron chi connectivity index (χ0n) is 10.7. The van der Waals surface area contributed by atoms with Gasteiger partial charge in [-0.3, -0.25) is 0 Å². The molecule has 1 aliphatic heterocycles. The van der Waals surface area contributed by atoms with Crippen molar-refractivity contribution in [2.75, 3.05) is 6.79 Å². The van der Waals surface area contributed by atoms with Gasteiger partial charge in [0.2, 0.25) is 6.79 Å². The number of hydrogen-bond donors (Lipinski definition) is 1. The topological polar surface area (TPSA) is 70.8 Å². The maximum Gasteiger partial charge on any atom is 0.328 e. The Morgan fingerprint density at radius 3 is 2.67 bits per heavy atom. The summed E-state index contributed by atoms with van der Waals surface area (Å²) < 4.78 is 15.7. The lowest BCUT2D eigenvalue weighted by Crippen LogP contribution is -2.31. The molecule has 1 aromatic rings. The first kappa shape index (κ1) is 12.7. The van der Waals surface area contributed by atoms with Crippen molar-refractivity contribution in [1.29, 1.82) is 0 Å². The van der Waals surface area contributed by atoms with Crippen LogP contribution in [0.25, 0.3) is 0 Å². The Morgan fingerprint density at radius 1 is 1.33 bits per heavy atom. The third-order valence-corrected chi connectivity index (χ3v) is 2.42. The molecule has 2 rings (SSSR count). The fourth-order valence-corrected chi connectivity index (χ4v) is 1.61. The van der Waals surface area contributed by atoms with Gasteiger partial charge in [0, 0.05) is 0 Å². The largest absolute Gasteiger partial charge is 0.459 e. The molecule has 0 fully saturated rings. The van der Waals surface area contributed by atoms with E-state index in [1.54, 1.807) is 39.0 Å². The third-order valence-electron chi connectivity index (χ3n) is 2.42. The molecule has 98 valence electrons. The van der Waals surface area contributed by atoms with Crippen LogP contribution in [0.4, 0.5) is 0 Å². The molecule has 5 heteroatoms. The summed E-state index contributed by atoms with van der Waals surface area (Å²) in [6, 6.07) is 4.36. The summed E-state index contributed by atoms with van der Waals surface area (Å²) in [5.41, 5.74) is 5.97. The number of carbonyl (C=O) groups excluding carboxylic acids is 1. The number of benzene rings is 1. The Labute approximate surface area is 106 Å². The average molecular weight is 251 g/mol. The Kier molecular flexibility index (Phi) is 3.17. The van der Waals surface area contributed by atoms with E-state index in [0.717, 1.165) is 0 Å². The molecule has 2 N–H and O–H groups in total. The zero-order chi connectivity index (χ0) is 13.3. The molecule has 5 nitrogen and oxygen atoms in total. The van der Waals surface area contributed by atoms with Crippen LogP contribution in [0, 0.1) is 0 Å². The molecule has 1 aromatic carbocycles. The molecular weight excluding hydrogens is 234 g/mol. The molecule has 1 aliphatic rings. The quantitative estimate of drug-likeness (QED) is 0.811. The van der Waals surface area contributed by atoms with Crippen molar-refractivity contribution in [2.45, 2.75) is 32.4 Å². The normalized spacial score (nSPS) is 15.3. The van der Waals surface area contributed by atoms with Crippen LogP contribution in [0.1, 0.15) is 32.4 Å². The lowest BCUT2D eigenvalue weighted by molar-refractivity contribution is -0.156. The number of esters is 1. The van der Waals surface area contributed by atoms with Crippen molar-refractivity contribution in [1.82, 2.24) is 0 Å². The second-order valence-electron chi connectivity index (χ2n) is 5.12. The molecule has 0 saturated heterocycles. The first-order valence-corrected chi connectivity index (χ1v) is 5.75. The molecule has 18 heavy (non-hydrogen) atoms. The van der Waals surface area contributed by atoms with E-state index in [1.165, 1.54) is 0 Å². The summed E-state index contributed by atoms with van der Waals surface area (Å²) in [4.78, 5) is 11.8. The van der Waals surface area contributed by atoms with Crippen molar-refractivity contribution in [3.8, 4) is 11.5 Å². The van der Waals surface area contributed by atoms with Crippen LogP contribution in [0.15, 0.2) is 18.2 Å². The van der Waals surface area contributed by atoms with E-state index in [4.69, 9.17) is 19.9 Å². The minimum absolute atomic E-state index is 0.195. The van der Waals surface area contributed by atoms with E-state index < -0.39 is 17.6 Å². The van der Waals surface area contributed by atoms with Gasteiger partial charge in [0.05, 0.1) is 0 Å². The fraction of sp³-hybridized carbons (Fsp3) is 0.462. The highest BCUT2D eigenvalue weighted by molar-refractivity contribution is 5.78. The highest BCUT2D eigenvalue weighted by atomic mass is 16.7. The summed E-state index contributed by atoms with van der Waals surface area (Å²) >= 11 is 0. The van der Waals surface area contributed by atoms with Gasteiger partial charge in [0.1, 0.15) is 11.6 Å². The Morgan fingerprint density at radius 2 is 2.00 bits per heavy atom. The van der Waals surface area contributed by atoms with Gasteiger partial charge in [-0.05, 0) is 38.5 Å². The summed E-state index contributed by atoms with van der Waals surface area (Å²) in [5, 5.41) is 0. The van der Waals surface area contributed by atoms with E-state index in [0.29, 0.717) is 17.1 Å². The van der Waals surface area contributed by atoms with Crippen LogP contribution in [-0.2, 0) is 9.53 Å². The SMILES string of the molecule is CC(C)(C)OC(=O)C(N)c1ccc2c(c1)OCO2. The van der Waals surface area contributed by atoms with E-state index >= 15 is 0 Å². The highest BCUT2D eigenvalue weighted by Gasteiger charge is 2.25. The van der Waals surface area contributed by atoms with Gasteiger partial charge in [0.25, 0.3) is 0 Å². The monoisotopic (exact) mass is 251 g/mol. The van der Waals surface area contributed by atoms with E-state index in [-0.39, 0.29) is 6.79 Å². The van der Waals surface area contributed by atoms with Gasteiger partial charge in [-0.1, -0.05) is 6.07 Å². The lowest BCUT2D eigenvalue weighted by atomic mass is 10.1. The van der Waals surface area contributed by atoms with Crippen LogP contribution in [-0.4, -0.2) is 18.4 Å². The minimum atomic E-state index is -0.821. The predicted octanol–water partition coefficient (Wildman–Crippen LogP) is 1.76. The minimum Gasteiger partial charge on any atom is -0.459 e. The second kappa shape index (κ2) is 4.49. The van der Waals surface area contributed by atoms with Gasteiger partial charge in [-0.2, -0.15) is 0 Å². The van der Waals surface area contributed by atoms with Gasteiger partial charge in [-0.25, -0.2) is 4.79 Å². The van der Waals surface area contributed by atoms with Crippen molar-refractivity contribution < 1.29 is 19.0 Å². The molecular formula is C13H17NO4. The van der Waals surface area contributed by atoms with Gasteiger partial charge in [0.15, 0.2) is 11.5 Å². The molecule has 0 spiro atoms. The lowest BCUT2D eigenvalue weighted by Gasteiger charge is -2.22. The first-order valence-electron chi connectivity index (χ1n) is 5.75. The van der Waals surface area contributed by atoms with Gasteiger partial charge >= 0.3 is 5.97 Å². The predicted molar refractivity (Wildman–Crippen MR) is 65.3 cm³/mol. The highest BCUT2D eigenvalue weighted by Crippen LogP contribution is 2.34. The molecule has 1 unspecified atom stereocenters. The molecule has 0 amide bonds. The standard InChI is InChI=1S/C13H17NO4/c1-13(2,3)18-12(15)11(14)8-4-5-9-10(6-8)17-7-16-9/h4-6,11H,7,14H2,1-3H3. The maximum atomic E-state index is 11.8. The van der Waals surface area contributed by atoms with Crippen molar-refractivity contribution >= 4 is 5.97 Å². The van der Waals surface area contributed by atoms with Gasteiger partial charge < -0.3 is 19.9 Å². The summed E-state index contributed by atoms with van der Waals surface area (Å²) in [6.45, 7) is 5.60. The first-order chi connectivity index (χ1) is 8.37. The van der Waals surface area contributed by atoms with Crippen LogP contribution in [0.5, 0.6) is 11.5 Å². The molecule has 1 heterocycles. The van der Waals surface area contributed by atoms with Crippen LogP contribution in [0.2, 0.25) is 0 Å². The Balaban J connectivity index is 2.14. The second-order valence-corrected chi connectivity index (χ2v) is 5.12. The van der Waals surface area contributed by atoms with Gasteiger partial charge in [-0.15, -0.1) is 0 Å². The van der Waals surface area contributed by atoms with Crippen LogP contribution >= 0.6 is 0 Å². The summed E-state index contributed by atoms with van der Waals surface area (Å²) in [7, 11) is 0. The molecule has 0 bridgehead atoms. The van der Waals surface area contributed by atoms with E-state index in [1.807, 2.05) is 0 Å². The number of ether oxygens (including phenoxy) is 3. The molecule has 0 radical (unpaired) electrons. The summed E-state index contributed by atoms with van der Waals surface area (Å²) in [6.07, 6.45) is 0. The number of hydrogen-bond acceptors (Lipinski definition) is 5.